The molecule has 26 heavy (non-hydrogen) atoms. The molecule has 3 aromatic carbocycles. The SMILES string of the molecule is CCOc1ccccc1NC(=S)NC(=O)c1cccc2c(Br)cccc12. The molecule has 0 aliphatic carbocycles. The first kappa shape index (κ1) is 18.4. The number of hydrogen-bond donors (Lipinski definition) is 2. The lowest BCUT2D eigenvalue weighted by molar-refractivity contribution is 0.0979. The van der Waals surface area contributed by atoms with E-state index in [9.17, 15) is 4.79 Å². The number of halogens is 1. The molecule has 0 bridgehead atoms. The van der Waals surface area contributed by atoms with Crippen molar-refractivity contribution in [3.63, 3.8) is 0 Å². The molecule has 0 aliphatic rings. The molecule has 0 unspecified atom stereocenters. The first-order valence-electron chi connectivity index (χ1n) is 8.11. The number of amides is 1. The largest absolute Gasteiger partial charge is 0.492 e. The van der Waals surface area contributed by atoms with Crippen LogP contribution in [0.15, 0.2) is 65.1 Å². The number of hydrogen-bond acceptors (Lipinski definition) is 3. The highest BCUT2D eigenvalue weighted by Crippen LogP contribution is 2.26. The molecule has 6 heteroatoms. The molecule has 4 nitrogen and oxygen atoms in total. The molecule has 1 amide bonds. The average Bonchev–Trinajstić information content (AvgIpc) is 2.63. The quantitative estimate of drug-likeness (QED) is 0.565. The minimum atomic E-state index is -0.264. The van der Waals surface area contributed by atoms with Crippen LogP contribution in [0.2, 0.25) is 0 Å². The molecule has 0 spiro atoms. The van der Waals surface area contributed by atoms with Gasteiger partial charge in [0.05, 0.1) is 12.3 Å². The summed E-state index contributed by atoms with van der Waals surface area (Å²) in [7, 11) is 0. The van der Waals surface area contributed by atoms with E-state index >= 15 is 0 Å². The van der Waals surface area contributed by atoms with Crippen LogP contribution >= 0.6 is 28.1 Å². The fourth-order valence-electron chi connectivity index (χ4n) is 2.64. The van der Waals surface area contributed by atoms with Crippen LogP contribution in [0.25, 0.3) is 10.8 Å². The van der Waals surface area contributed by atoms with Gasteiger partial charge in [-0.2, -0.15) is 0 Å². The van der Waals surface area contributed by atoms with E-state index in [0.717, 1.165) is 15.2 Å². The number of carbonyl (C=O) groups is 1. The van der Waals surface area contributed by atoms with Crippen LogP contribution in [0.5, 0.6) is 5.75 Å². The van der Waals surface area contributed by atoms with E-state index in [2.05, 4.69) is 26.6 Å². The summed E-state index contributed by atoms with van der Waals surface area (Å²) >= 11 is 8.81. The monoisotopic (exact) mass is 428 g/mol. The molecule has 132 valence electrons. The number of anilines is 1. The summed E-state index contributed by atoms with van der Waals surface area (Å²) in [6.07, 6.45) is 0. The second kappa shape index (κ2) is 8.29. The fraction of sp³-hybridized carbons (Fsp3) is 0.100. The van der Waals surface area contributed by atoms with Crippen LogP contribution in [0.4, 0.5) is 5.69 Å². The van der Waals surface area contributed by atoms with E-state index in [4.69, 9.17) is 17.0 Å². The lowest BCUT2D eigenvalue weighted by atomic mass is 10.0. The van der Waals surface area contributed by atoms with E-state index < -0.39 is 0 Å². The lowest BCUT2D eigenvalue weighted by Crippen LogP contribution is -2.34. The van der Waals surface area contributed by atoms with Crippen molar-refractivity contribution >= 4 is 55.6 Å². The molecule has 0 fully saturated rings. The zero-order valence-corrected chi connectivity index (χ0v) is 16.5. The third kappa shape index (κ3) is 4.03. The summed E-state index contributed by atoms with van der Waals surface area (Å²) in [5, 5.41) is 7.80. The van der Waals surface area contributed by atoms with E-state index in [1.165, 1.54) is 0 Å². The first-order chi connectivity index (χ1) is 12.6. The van der Waals surface area contributed by atoms with Crippen molar-refractivity contribution in [1.82, 2.24) is 5.32 Å². The van der Waals surface area contributed by atoms with E-state index in [1.54, 1.807) is 6.07 Å². The highest BCUT2D eigenvalue weighted by Gasteiger charge is 2.13. The van der Waals surface area contributed by atoms with Crippen LogP contribution < -0.4 is 15.4 Å². The van der Waals surface area contributed by atoms with Crippen LogP contribution in [-0.4, -0.2) is 17.6 Å². The van der Waals surface area contributed by atoms with Crippen molar-refractivity contribution < 1.29 is 9.53 Å². The minimum Gasteiger partial charge on any atom is -0.492 e. The normalized spacial score (nSPS) is 10.4. The number of thiocarbonyl (C=S) groups is 1. The Morgan fingerprint density at radius 1 is 1.04 bits per heavy atom. The average molecular weight is 429 g/mol. The van der Waals surface area contributed by atoms with E-state index in [-0.39, 0.29) is 11.0 Å². The molecule has 0 aromatic heterocycles. The molecule has 0 saturated heterocycles. The first-order valence-corrected chi connectivity index (χ1v) is 9.31. The van der Waals surface area contributed by atoms with Crippen LogP contribution in [0, 0.1) is 0 Å². The van der Waals surface area contributed by atoms with Gasteiger partial charge in [-0.1, -0.05) is 52.3 Å². The second-order valence-electron chi connectivity index (χ2n) is 5.48. The number of ether oxygens (including phenoxy) is 1. The predicted molar refractivity (Wildman–Crippen MR) is 113 cm³/mol. The van der Waals surface area contributed by atoms with Gasteiger partial charge in [0, 0.05) is 10.0 Å². The molecule has 3 aromatic rings. The zero-order valence-electron chi connectivity index (χ0n) is 14.1. The smallest absolute Gasteiger partial charge is 0.258 e. The molecule has 0 heterocycles. The fourth-order valence-corrected chi connectivity index (χ4v) is 3.35. The Labute approximate surface area is 165 Å². The number of rotatable bonds is 4. The maximum atomic E-state index is 12.7. The van der Waals surface area contributed by atoms with Gasteiger partial charge in [-0.05, 0) is 54.2 Å². The summed E-state index contributed by atoms with van der Waals surface area (Å²) in [5.74, 6) is 0.417. The van der Waals surface area contributed by atoms with Crippen molar-refractivity contribution in [3.8, 4) is 5.75 Å². The minimum absolute atomic E-state index is 0.217. The van der Waals surface area contributed by atoms with Crippen molar-refractivity contribution in [2.75, 3.05) is 11.9 Å². The summed E-state index contributed by atoms with van der Waals surface area (Å²) in [6, 6.07) is 18.8. The summed E-state index contributed by atoms with van der Waals surface area (Å²) < 4.78 is 6.50. The number of benzene rings is 3. The Morgan fingerprint density at radius 3 is 2.58 bits per heavy atom. The van der Waals surface area contributed by atoms with E-state index in [1.807, 2.05) is 61.5 Å². The van der Waals surface area contributed by atoms with Gasteiger partial charge in [0.25, 0.3) is 5.91 Å². The van der Waals surface area contributed by atoms with Gasteiger partial charge in [0.1, 0.15) is 5.75 Å². The molecule has 0 saturated carbocycles. The van der Waals surface area contributed by atoms with Gasteiger partial charge >= 0.3 is 0 Å². The Morgan fingerprint density at radius 2 is 1.77 bits per heavy atom. The van der Waals surface area contributed by atoms with E-state index in [0.29, 0.717) is 23.6 Å². The third-order valence-electron chi connectivity index (χ3n) is 3.78. The highest BCUT2D eigenvalue weighted by atomic mass is 79.9. The van der Waals surface area contributed by atoms with Crippen LogP contribution in [0.1, 0.15) is 17.3 Å². The maximum absolute atomic E-state index is 12.7. The molecule has 3 rings (SSSR count). The van der Waals surface area contributed by atoms with Crippen molar-refractivity contribution in [2.45, 2.75) is 6.92 Å². The van der Waals surface area contributed by atoms with Gasteiger partial charge in [0.2, 0.25) is 0 Å². The molecule has 2 N–H and O–H groups in total. The van der Waals surface area contributed by atoms with Gasteiger partial charge < -0.3 is 10.1 Å². The summed E-state index contributed by atoms with van der Waals surface area (Å²) in [5.41, 5.74) is 1.27. The Hall–Kier alpha value is -2.44. The van der Waals surface area contributed by atoms with Gasteiger partial charge in [0.15, 0.2) is 5.11 Å². The molecular formula is C20H17BrN2O2S. The summed E-state index contributed by atoms with van der Waals surface area (Å²) in [6.45, 7) is 2.46. The van der Waals surface area contributed by atoms with Crippen molar-refractivity contribution in [3.05, 3.63) is 70.7 Å². The number of para-hydroxylation sites is 2. The zero-order chi connectivity index (χ0) is 18.5. The van der Waals surface area contributed by atoms with Crippen molar-refractivity contribution in [2.24, 2.45) is 0 Å². The second-order valence-corrected chi connectivity index (χ2v) is 6.74. The molecule has 0 aliphatic heterocycles. The number of fused-ring (bicyclic) bond motifs is 1. The predicted octanol–water partition coefficient (Wildman–Crippen LogP) is 5.13. The molecule has 0 radical (unpaired) electrons. The Kier molecular flexibility index (Phi) is 5.85. The number of carbonyl (C=O) groups excluding carboxylic acids is 1. The standard InChI is InChI=1S/C20H17BrN2O2S/c1-2-25-18-12-4-3-11-17(18)22-20(26)23-19(24)15-9-5-8-14-13(15)7-6-10-16(14)21/h3-12H,2H2,1H3,(H2,22,23,24,26). The summed E-state index contributed by atoms with van der Waals surface area (Å²) in [4.78, 5) is 12.7. The molecular weight excluding hydrogens is 412 g/mol. The third-order valence-corrected chi connectivity index (χ3v) is 4.67. The Balaban J connectivity index is 1.79. The van der Waals surface area contributed by atoms with Crippen LogP contribution in [-0.2, 0) is 0 Å². The van der Waals surface area contributed by atoms with Gasteiger partial charge in [-0.25, -0.2) is 0 Å². The number of nitrogens with one attached hydrogen (secondary N) is 2. The Bertz CT molecular complexity index is 975. The van der Waals surface area contributed by atoms with Crippen molar-refractivity contribution in [1.29, 1.82) is 0 Å². The van der Waals surface area contributed by atoms with Gasteiger partial charge in [-0.3, -0.25) is 10.1 Å². The van der Waals surface area contributed by atoms with Crippen LogP contribution in [0.3, 0.4) is 0 Å². The van der Waals surface area contributed by atoms with Gasteiger partial charge in [-0.15, -0.1) is 0 Å². The lowest BCUT2D eigenvalue weighted by Gasteiger charge is -2.14. The highest BCUT2D eigenvalue weighted by molar-refractivity contribution is 9.10. The molecule has 0 atom stereocenters. The topological polar surface area (TPSA) is 50.4 Å². The maximum Gasteiger partial charge on any atom is 0.258 e.